The molecule has 2 heterocycles. The van der Waals surface area contributed by atoms with Gasteiger partial charge >= 0.3 is 6.18 Å². The minimum absolute atomic E-state index is 0.0670. The average Bonchev–Trinajstić information content (AvgIpc) is 3.45. The molecule has 1 aliphatic carbocycles. The summed E-state index contributed by atoms with van der Waals surface area (Å²) in [7, 11) is 0. The van der Waals surface area contributed by atoms with E-state index >= 15 is 0 Å². The van der Waals surface area contributed by atoms with Crippen LogP contribution in [-0.2, 0) is 19.1 Å². The number of rotatable bonds is 7. The zero-order valence-corrected chi connectivity index (χ0v) is 16.0. The first-order valence-corrected chi connectivity index (χ1v) is 9.48. The Morgan fingerprint density at radius 2 is 1.87 bits per heavy atom. The van der Waals surface area contributed by atoms with Gasteiger partial charge < -0.3 is 10.6 Å². The lowest BCUT2D eigenvalue weighted by molar-refractivity contribution is -0.137. The van der Waals surface area contributed by atoms with Crippen molar-refractivity contribution in [1.29, 1.82) is 0 Å². The molecule has 0 atom stereocenters. The van der Waals surface area contributed by atoms with Crippen LogP contribution in [0.2, 0.25) is 0 Å². The fourth-order valence-electron chi connectivity index (χ4n) is 2.87. The molecule has 4 rings (SSSR count). The molecular formula is C19H19F4N7. The lowest BCUT2D eigenvalue weighted by atomic mass is 10.1. The third kappa shape index (κ3) is 4.66. The van der Waals surface area contributed by atoms with Crippen molar-refractivity contribution in [3.05, 3.63) is 52.7 Å². The van der Waals surface area contributed by atoms with Gasteiger partial charge in [0.05, 0.1) is 5.56 Å². The highest BCUT2D eigenvalue weighted by atomic mass is 19.4. The molecule has 1 fully saturated rings. The van der Waals surface area contributed by atoms with Crippen LogP contribution in [0.1, 0.15) is 48.3 Å². The van der Waals surface area contributed by atoms with E-state index in [0.717, 1.165) is 30.7 Å². The van der Waals surface area contributed by atoms with E-state index in [1.54, 1.807) is 0 Å². The van der Waals surface area contributed by atoms with Gasteiger partial charge in [0.2, 0.25) is 11.9 Å². The van der Waals surface area contributed by atoms with E-state index in [1.807, 2.05) is 13.0 Å². The van der Waals surface area contributed by atoms with Gasteiger partial charge in [-0.25, -0.2) is 4.39 Å². The number of aromatic nitrogens is 5. The SMILES string of the molecule is CCc1nc(NCc2ccc(C(F)(F)F)cc2F)nc(Nc2cc(C3CC3)[nH]n2)n1. The average molecular weight is 421 g/mol. The van der Waals surface area contributed by atoms with Gasteiger partial charge in [-0.15, -0.1) is 0 Å². The summed E-state index contributed by atoms with van der Waals surface area (Å²) in [6.07, 6.45) is -1.78. The largest absolute Gasteiger partial charge is 0.416 e. The molecule has 1 aromatic carbocycles. The maximum absolute atomic E-state index is 14.1. The first-order valence-electron chi connectivity index (χ1n) is 9.48. The molecule has 0 radical (unpaired) electrons. The maximum Gasteiger partial charge on any atom is 0.416 e. The lowest BCUT2D eigenvalue weighted by Gasteiger charge is -2.11. The molecule has 3 aromatic rings. The minimum atomic E-state index is -4.59. The summed E-state index contributed by atoms with van der Waals surface area (Å²) in [5.41, 5.74) is 0.0870. The van der Waals surface area contributed by atoms with Crippen molar-refractivity contribution < 1.29 is 17.6 Å². The molecule has 7 nitrogen and oxygen atoms in total. The van der Waals surface area contributed by atoms with Crippen LogP contribution in [0.5, 0.6) is 0 Å². The van der Waals surface area contributed by atoms with Crippen molar-refractivity contribution in [3.63, 3.8) is 0 Å². The topological polar surface area (TPSA) is 91.4 Å². The second kappa shape index (κ2) is 7.88. The van der Waals surface area contributed by atoms with Gasteiger partial charge in [0, 0.05) is 36.2 Å². The number of halogens is 4. The fourth-order valence-corrected chi connectivity index (χ4v) is 2.87. The van der Waals surface area contributed by atoms with Gasteiger partial charge in [-0.2, -0.15) is 33.2 Å². The van der Waals surface area contributed by atoms with Gasteiger partial charge in [0.1, 0.15) is 11.6 Å². The van der Waals surface area contributed by atoms with Crippen LogP contribution in [0.3, 0.4) is 0 Å². The second-order valence-corrected chi connectivity index (χ2v) is 7.02. The van der Waals surface area contributed by atoms with Crippen LogP contribution >= 0.6 is 0 Å². The van der Waals surface area contributed by atoms with Crippen molar-refractivity contribution in [2.75, 3.05) is 10.6 Å². The Morgan fingerprint density at radius 1 is 1.10 bits per heavy atom. The van der Waals surface area contributed by atoms with Crippen LogP contribution in [0, 0.1) is 5.82 Å². The zero-order chi connectivity index (χ0) is 21.3. The van der Waals surface area contributed by atoms with E-state index < -0.39 is 17.6 Å². The molecule has 11 heteroatoms. The first-order chi connectivity index (χ1) is 14.3. The number of nitrogens with zero attached hydrogens (tertiary/aromatic N) is 4. The number of anilines is 3. The van der Waals surface area contributed by atoms with Crippen molar-refractivity contribution in [2.45, 2.75) is 44.8 Å². The molecule has 2 aromatic heterocycles. The van der Waals surface area contributed by atoms with E-state index in [1.165, 1.54) is 0 Å². The molecule has 158 valence electrons. The molecule has 30 heavy (non-hydrogen) atoms. The van der Waals surface area contributed by atoms with E-state index in [9.17, 15) is 17.6 Å². The van der Waals surface area contributed by atoms with Gasteiger partial charge in [-0.1, -0.05) is 13.0 Å². The van der Waals surface area contributed by atoms with Gasteiger partial charge in [-0.3, -0.25) is 5.10 Å². The highest BCUT2D eigenvalue weighted by Crippen LogP contribution is 2.39. The summed E-state index contributed by atoms with van der Waals surface area (Å²) in [5, 5.41) is 13.0. The number of nitrogens with one attached hydrogen (secondary N) is 3. The highest BCUT2D eigenvalue weighted by Gasteiger charge is 2.31. The van der Waals surface area contributed by atoms with Crippen molar-refractivity contribution in [3.8, 4) is 0 Å². The molecule has 0 spiro atoms. The summed E-state index contributed by atoms with van der Waals surface area (Å²) < 4.78 is 52.1. The molecular weight excluding hydrogens is 402 g/mol. The maximum atomic E-state index is 14.1. The van der Waals surface area contributed by atoms with E-state index in [2.05, 4.69) is 35.8 Å². The molecule has 0 unspecified atom stereocenters. The highest BCUT2D eigenvalue weighted by molar-refractivity contribution is 5.50. The van der Waals surface area contributed by atoms with Crippen molar-refractivity contribution >= 4 is 17.7 Å². The van der Waals surface area contributed by atoms with Crippen LogP contribution in [0.25, 0.3) is 0 Å². The Labute approximate surface area is 169 Å². The quantitative estimate of drug-likeness (QED) is 0.485. The van der Waals surface area contributed by atoms with Gasteiger partial charge in [0.25, 0.3) is 0 Å². The normalized spacial score (nSPS) is 14.0. The fraction of sp³-hybridized carbons (Fsp3) is 0.368. The Balaban J connectivity index is 1.47. The number of aryl methyl sites for hydroxylation is 1. The van der Waals surface area contributed by atoms with Gasteiger partial charge in [-0.05, 0) is 25.0 Å². The summed E-state index contributed by atoms with van der Waals surface area (Å²) in [6, 6.07) is 4.31. The number of benzene rings is 1. The predicted octanol–water partition coefficient (Wildman–Crippen LogP) is 4.55. The van der Waals surface area contributed by atoms with E-state index in [-0.39, 0.29) is 24.0 Å². The Bertz CT molecular complexity index is 1040. The molecule has 0 bridgehead atoms. The van der Waals surface area contributed by atoms with Crippen LogP contribution < -0.4 is 10.6 Å². The molecule has 0 aliphatic heterocycles. The number of aromatic amines is 1. The second-order valence-electron chi connectivity index (χ2n) is 7.02. The molecule has 0 amide bonds. The monoisotopic (exact) mass is 421 g/mol. The van der Waals surface area contributed by atoms with Gasteiger partial charge in [0.15, 0.2) is 5.82 Å². The number of hydrogen-bond acceptors (Lipinski definition) is 6. The van der Waals surface area contributed by atoms with E-state index in [0.29, 0.717) is 30.0 Å². The first kappa shape index (κ1) is 20.0. The van der Waals surface area contributed by atoms with Crippen LogP contribution in [-0.4, -0.2) is 25.1 Å². The summed E-state index contributed by atoms with van der Waals surface area (Å²) in [6.45, 7) is 1.79. The standard InChI is InChI=1S/C19H19F4N7/c1-2-15-25-17(24-9-11-5-6-12(7-13(11)20)19(21,22)23)28-18(26-15)27-16-8-14(29-30-16)10-3-4-10/h5-8,10H,2-4,9H2,1H3,(H3,24,25,26,27,28,29,30). The number of H-pyrrole nitrogens is 1. The smallest absolute Gasteiger partial charge is 0.350 e. The summed E-state index contributed by atoms with van der Waals surface area (Å²) >= 11 is 0. The zero-order valence-electron chi connectivity index (χ0n) is 16.0. The molecule has 1 saturated carbocycles. The lowest BCUT2D eigenvalue weighted by Crippen LogP contribution is -2.11. The van der Waals surface area contributed by atoms with Crippen LogP contribution in [0.4, 0.5) is 35.3 Å². The van der Waals surface area contributed by atoms with Crippen LogP contribution in [0.15, 0.2) is 24.3 Å². The third-order valence-corrected chi connectivity index (χ3v) is 4.67. The molecule has 0 saturated heterocycles. The Kier molecular flexibility index (Phi) is 5.27. The third-order valence-electron chi connectivity index (χ3n) is 4.67. The number of hydrogen-bond donors (Lipinski definition) is 3. The van der Waals surface area contributed by atoms with E-state index in [4.69, 9.17) is 0 Å². The summed E-state index contributed by atoms with van der Waals surface area (Å²) in [4.78, 5) is 12.8. The Hall–Kier alpha value is -3.24. The predicted molar refractivity (Wildman–Crippen MR) is 102 cm³/mol. The minimum Gasteiger partial charge on any atom is -0.350 e. The van der Waals surface area contributed by atoms with Crippen molar-refractivity contribution in [2.24, 2.45) is 0 Å². The molecule has 3 N–H and O–H groups in total. The number of alkyl halides is 3. The van der Waals surface area contributed by atoms with Crippen molar-refractivity contribution in [1.82, 2.24) is 25.1 Å². The Morgan fingerprint density at radius 3 is 2.53 bits per heavy atom. The molecule has 1 aliphatic rings. The summed E-state index contributed by atoms with van der Waals surface area (Å²) in [5.74, 6) is 1.09.